The molecule has 0 atom stereocenters. The Morgan fingerprint density at radius 3 is 2.62 bits per heavy atom. The number of anilines is 1. The summed E-state index contributed by atoms with van der Waals surface area (Å²) in [5.74, 6) is 1.59. The first-order valence-corrected chi connectivity index (χ1v) is 7.42. The molecule has 1 saturated heterocycles. The first-order valence-electron chi connectivity index (χ1n) is 7.42. The van der Waals surface area contributed by atoms with Crippen LogP contribution >= 0.6 is 0 Å². The highest BCUT2D eigenvalue weighted by atomic mass is 15.3. The van der Waals surface area contributed by atoms with Crippen LogP contribution in [0.15, 0.2) is 18.5 Å². The number of piperidine rings is 1. The van der Waals surface area contributed by atoms with Crippen molar-refractivity contribution in [1.82, 2.24) is 24.6 Å². The van der Waals surface area contributed by atoms with E-state index in [9.17, 15) is 0 Å². The predicted octanol–water partition coefficient (Wildman–Crippen LogP) is 1.79. The standard InChI is InChI=1S/C15H22N6/c1-11-8-12(2)21(19-11)15-10-16-9-14(18-15)17-13-4-6-20(3)7-5-13/h8-10,13H,4-7H2,1-3H3,(H,17,18). The first-order chi connectivity index (χ1) is 10.1. The lowest BCUT2D eigenvalue weighted by molar-refractivity contribution is 0.263. The van der Waals surface area contributed by atoms with Crippen molar-refractivity contribution in [2.45, 2.75) is 32.7 Å². The van der Waals surface area contributed by atoms with Crippen LogP contribution in [0, 0.1) is 13.8 Å². The topological polar surface area (TPSA) is 58.9 Å². The molecule has 0 saturated carbocycles. The summed E-state index contributed by atoms with van der Waals surface area (Å²) in [5.41, 5.74) is 2.06. The van der Waals surface area contributed by atoms with Gasteiger partial charge in [-0.3, -0.25) is 4.98 Å². The van der Waals surface area contributed by atoms with Gasteiger partial charge in [0, 0.05) is 11.7 Å². The summed E-state index contributed by atoms with van der Waals surface area (Å²) in [7, 11) is 2.17. The van der Waals surface area contributed by atoms with Gasteiger partial charge in [0.25, 0.3) is 0 Å². The van der Waals surface area contributed by atoms with Crippen LogP contribution in [0.3, 0.4) is 0 Å². The molecule has 6 nitrogen and oxygen atoms in total. The van der Waals surface area contributed by atoms with Crippen LogP contribution in [0.4, 0.5) is 5.82 Å². The van der Waals surface area contributed by atoms with E-state index in [1.165, 1.54) is 0 Å². The van der Waals surface area contributed by atoms with Gasteiger partial charge in [-0.2, -0.15) is 5.10 Å². The second-order valence-corrected chi connectivity index (χ2v) is 5.82. The summed E-state index contributed by atoms with van der Waals surface area (Å²) in [6, 6.07) is 2.52. The van der Waals surface area contributed by atoms with E-state index in [4.69, 9.17) is 0 Å². The molecule has 2 aromatic heterocycles. The third-order valence-corrected chi connectivity index (χ3v) is 3.92. The summed E-state index contributed by atoms with van der Waals surface area (Å²) < 4.78 is 1.84. The lowest BCUT2D eigenvalue weighted by Gasteiger charge is -2.29. The number of likely N-dealkylation sites (tertiary alicyclic amines) is 1. The molecule has 1 aliphatic rings. The smallest absolute Gasteiger partial charge is 0.174 e. The molecule has 1 N–H and O–H groups in total. The predicted molar refractivity (Wildman–Crippen MR) is 82.8 cm³/mol. The largest absolute Gasteiger partial charge is 0.366 e. The van der Waals surface area contributed by atoms with E-state index < -0.39 is 0 Å². The van der Waals surface area contributed by atoms with Crippen molar-refractivity contribution in [1.29, 1.82) is 0 Å². The Kier molecular flexibility index (Phi) is 3.88. The Bertz CT molecular complexity index is 612. The monoisotopic (exact) mass is 286 g/mol. The van der Waals surface area contributed by atoms with Crippen molar-refractivity contribution < 1.29 is 0 Å². The summed E-state index contributed by atoms with van der Waals surface area (Å²) in [4.78, 5) is 11.3. The Labute approximate surface area is 125 Å². The number of aromatic nitrogens is 4. The molecule has 1 aliphatic heterocycles. The second-order valence-electron chi connectivity index (χ2n) is 5.82. The summed E-state index contributed by atoms with van der Waals surface area (Å²) >= 11 is 0. The fourth-order valence-electron chi connectivity index (χ4n) is 2.75. The second kappa shape index (κ2) is 5.81. The minimum Gasteiger partial charge on any atom is -0.366 e. The summed E-state index contributed by atoms with van der Waals surface area (Å²) in [5, 5.41) is 7.95. The zero-order valence-corrected chi connectivity index (χ0v) is 12.9. The van der Waals surface area contributed by atoms with E-state index >= 15 is 0 Å². The van der Waals surface area contributed by atoms with Crippen molar-refractivity contribution >= 4 is 5.82 Å². The van der Waals surface area contributed by atoms with Gasteiger partial charge in [-0.15, -0.1) is 0 Å². The fraction of sp³-hybridized carbons (Fsp3) is 0.533. The van der Waals surface area contributed by atoms with Crippen molar-refractivity contribution in [2.24, 2.45) is 0 Å². The number of aryl methyl sites for hydroxylation is 2. The maximum absolute atomic E-state index is 4.64. The van der Waals surface area contributed by atoms with Gasteiger partial charge in [0.2, 0.25) is 0 Å². The van der Waals surface area contributed by atoms with Crippen molar-refractivity contribution in [3.8, 4) is 5.82 Å². The Balaban J connectivity index is 1.76. The highest BCUT2D eigenvalue weighted by molar-refractivity contribution is 5.37. The van der Waals surface area contributed by atoms with Crippen LogP contribution in [0.2, 0.25) is 0 Å². The van der Waals surface area contributed by atoms with Gasteiger partial charge in [0.15, 0.2) is 5.82 Å². The highest BCUT2D eigenvalue weighted by Gasteiger charge is 2.17. The maximum Gasteiger partial charge on any atom is 0.174 e. The lowest BCUT2D eigenvalue weighted by atomic mass is 10.1. The summed E-state index contributed by atoms with van der Waals surface area (Å²) in [6.45, 7) is 6.26. The average molecular weight is 286 g/mol. The van der Waals surface area contributed by atoms with Gasteiger partial charge in [-0.1, -0.05) is 0 Å². The molecule has 1 fully saturated rings. The van der Waals surface area contributed by atoms with Gasteiger partial charge < -0.3 is 10.2 Å². The Morgan fingerprint density at radius 2 is 1.95 bits per heavy atom. The zero-order chi connectivity index (χ0) is 14.8. The van der Waals surface area contributed by atoms with Gasteiger partial charge in [-0.05, 0) is 52.9 Å². The number of rotatable bonds is 3. The third-order valence-electron chi connectivity index (χ3n) is 3.92. The molecule has 0 radical (unpaired) electrons. The molecule has 21 heavy (non-hydrogen) atoms. The van der Waals surface area contributed by atoms with Crippen LogP contribution in [-0.4, -0.2) is 50.8 Å². The van der Waals surface area contributed by atoms with E-state index in [0.29, 0.717) is 6.04 Å². The molecule has 0 aromatic carbocycles. The number of nitrogens with one attached hydrogen (secondary N) is 1. The molecular weight excluding hydrogens is 264 g/mol. The van der Waals surface area contributed by atoms with E-state index in [2.05, 4.69) is 32.3 Å². The third kappa shape index (κ3) is 3.21. The quantitative estimate of drug-likeness (QED) is 0.932. The Hall–Kier alpha value is -1.95. The molecule has 3 heterocycles. The molecule has 0 spiro atoms. The van der Waals surface area contributed by atoms with Gasteiger partial charge >= 0.3 is 0 Å². The SMILES string of the molecule is Cc1cc(C)n(-c2cncc(NC3CCN(C)CC3)n2)n1. The van der Waals surface area contributed by atoms with Crippen LogP contribution in [0.25, 0.3) is 5.82 Å². The first kappa shape index (κ1) is 14.0. The molecule has 0 bridgehead atoms. The number of hydrogen-bond donors (Lipinski definition) is 1. The van der Waals surface area contributed by atoms with Crippen LogP contribution in [-0.2, 0) is 0 Å². The Morgan fingerprint density at radius 1 is 1.19 bits per heavy atom. The maximum atomic E-state index is 4.64. The van der Waals surface area contributed by atoms with E-state index in [-0.39, 0.29) is 0 Å². The number of hydrogen-bond acceptors (Lipinski definition) is 5. The minimum atomic E-state index is 0.478. The number of nitrogens with zero attached hydrogens (tertiary/aromatic N) is 5. The van der Waals surface area contributed by atoms with E-state index in [1.54, 1.807) is 12.4 Å². The molecule has 0 aliphatic carbocycles. The molecule has 112 valence electrons. The zero-order valence-electron chi connectivity index (χ0n) is 12.9. The van der Waals surface area contributed by atoms with Crippen molar-refractivity contribution in [2.75, 3.05) is 25.5 Å². The molecule has 6 heteroatoms. The van der Waals surface area contributed by atoms with Crippen LogP contribution < -0.4 is 5.32 Å². The molecule has 2 aromatic rings. The van der Waals surface area contributed by atoms with Gasteiger partial charge in [0.1, 0.15) is 5.82 Å². The normalized spacial score (nSPS) is 17.1. The molecule has 3 rings (SSSR count). The summed E-state index contributed by atoms with van der Waals surface area (Å²) in [6.07, 6.45) is 5.82. The average Bonchev–Trinajstić information content (AvgIpc) is 2.81. The van der Waals surface area contributed by atoms with Gasteiger partial charge in [-0.25, -0.2) is 9.67 Å². The molecular formula is C15H22N6. The van der Waals surface area contributed by atoms with E-state index in [1.807, 2.05) is 24.6 Å². The lowest BCUT2D eigenvalue weighted by Crippen LogP contribution is -2.36. The van der Waals surface area contributed by atoms with Crippen LogP contribution in [0.5, 0.6) is 0 Å². The van der Waals surface area contributed by atoms with Crippen molar-refractivity contribution in [3.05, 3.63) is 29.8 Å². The van der Waals surface area contributed by atoms with Gasteiger partial charge in [0.05, 0.1) is 18.1 Å². The molecule has 0 amide bonds. The molecule has 0 unspecified atom stereocenters. The van der Waals surface area contributed by atoms with E-state index in [0.717, 1.165) is 49.0 Å². The van der Waals surface area contributed by atoms with Crippen molar-refractivity contribution in [3.63, 3.8) is 0 Å². The highest BCUT2D eigenvalue weighted by Crippen LogP contribution is 2.15. The minimum absolute atomic E-state index is 0.478. The van der Waals surface area contributed by atoms with Crippen LogP contribution in [0.1, 0.15) is 24.2 Å². The fourth-order valence-corrected chi connectivity index (χ4v) is 2.75.